The van der Waals surface area contributed by atoms with Gasteiger partial charge >= 0.3 is 0 Å². The molecule has 8 heteroatoms. The van der Waals surface area contributed by atoms with Gasteiger partial charge in [-0.2, -0.15) is 0 Å². The summed E-state index contributed by atoms with van der Waals surface area (Å²) in [6, 6.07) is 3.25. The molecule has 2 heterocycles. The van der Waals surface area contributed by atoms with E-state index in [2.05, 4.69) is 9.97 Å². The number of aromatic nitrogens is 2. The van der Waals surface area contributed by atoms with Gasteiger partial charge in [0.1, 0.15) is 5.15 Å². The molecule has 2 atom stereocenters. The van der Waals surface area contributed by atoms with Crippen LogP contribution in [0.1, 0.15) is 5.69 Å². The van der Waals surface area contributed by atoms with Crippen molar-refractivity contribution in [2.45, 2.75) is 11.8 Å². The van der Waals surface area contributed by atoms with Crippen LogP contribution in [0.25, 0.3) is 10.9 Å². The predicted octanol–water partition coefficient (Wildman–Crippen LogP) is 3.16. The first-order valence-corrected chi connectivity index (χ1v) is 7.45. The van der Waals surface area contributed by atoms with Crippen molar-refractivity contribution in [3.8, 4) is 0 Å². The maximum absolute atomic E-state index is 15.1. The number of nitrogens with zero attached hydrogens (tertiary/aromatic N) is 1. The van der Waals surface area contributed by atoms with Crippen LogP contribution in [0.5, 0.6) is 0 Å². The van der Waals surface area contributed by atoms with E-state index in [9.17, 15) is 9.50 Å². The van der Waals surface area contributed by atoms with Gasteiger partial charge in [-0.15, -0.1) is 0 Å². The number of aliphatic hydroxyl groups is 1. The molecule has 0 radical (unpaired) electrons. The second kappa shape index (κ2) is 6.16. The largest absolute Gasteiger partial charge is 0.494 e. The van der Waals surface area contributed by atoms with Crippen molar-refractivity contribution in [1.29, 1.82) is 0 Å². The molecule has 0 saturated carbocycles. The number of H-pyrrole nitrogens is 1. The third-order valence-corrected chi connectivity index (χ3v) is 4.35. The average Bonchev–Trinajstić information content (AvgIpc) is 2.99. The zero-order valence-electron chi connectivity index (χ0n) is 12.9. The summed E-state index contributed by atoms with van der Waals surface area (Å²) in [4.78, 5) is 6.96. The van der Waals surface area contributed by atoms with Gasteiger partial charge < -0.3 is 19.6 Å². The highest BCUT2D eigenvalue weighted by atomic mass is 35.5. The Bertz CT molecular complexity index is 849. The zero-order chi connectivity index (χ0) is 17.5. The number of allylic oxidation sites excluding steroid dienone is 1. The van der Waals surface area contributed by atoms with Crippen molar-refractivity contribution in [3.63, 3.8) is 0 Å². The van der Waals surface area contributed by atoms with Crippen LogP contribution in [0.3, 0.4) is 0 Å². The number of alkyl halides is 1. The normalized spacial score (nSPS) is 24.4. The second-order valence-corrected chi connectivity index (χ2v) is 5.73. The summed E-state index contributed by atoms with van der Waals surface area (Å²) < 4.78 is 39.7. The van der Waals surface area contributed by atoms with Gasteiger partial charge in [-0.1, -0.05) is 11.6 Å². The lowest BCUT2D eigenvalue weighted by atomic mass is 9.83. The molecule has 0 saturated heterocycles. The monoisotopic (exact) mass is 356 g/mol. The molecule has 3 rings (SSSR count). The fourth-order valence-corrected chi connectivity index (χ4v) is 3.03. The molecule has 1 aliphatic rings. The van der Waals surface area contributed by atoms with Gasteiger partial charge in [-0.05, 0) is 12.1 Å². The van der Waals surface area contributed by atoms with Crippen LogP contribution >= 0.6 is 11.6 Å². The van der Waals surface area contributed by atoms with Gasteiger partial charge in [0.15, 0.2) is 23.4 Å². The molecular formula is C16H15ClF2N2O3. The number of methoxy groups -OCH3 is 2. The lowest BCUT2D eigenvalue weighted by Crippen LogP contribution is -2.42. The van der Waals surface area contributed by atoms with E-state index in [1.165, 1.54) is 26.5 Å². The number of hydrogen-bond donors (Lipinski definition) is 2. The summed E-state index contributed by atoms with van der Waals surface area (Å²) in [6.45, 7) is -0.799. The molecule has 0 aromatic carbocycles. The lowest BCUT2D eigenvalue weighted by Gasteiger charge is -2.36. The van der Waals surface area contributed by atoms with Gasteiger partial charge in [0.2, 0.25) is 0 Å². The molecule has 0 spiro atoms. The third kappa shape index (κ3) is 2.40. The molecule has 5 nitrogen and oxygen atoms in total. The Kier molecular flexibility index (Phi) is 4.33. The fraction of sp³-hybridized carbons (Fsp3) is 0.312. The van der Waals surface area contributed by atoms with E-state index in [0.717, 1.165) is 0 Å². The molecular weight excluding hydrogens is 342 g/mol. The summed E-state index contributed by atoms with van der Waals surface area (Å²) in [6.07, 6.45) is 0.777. The SMILES string of the molecule is COC1=CC(OC)(c2cc3cc(Cl)ncc3[nH]2)C(F)C(CO)=C1F. The summed E-state index contributed by atoms with van der Waals surface area (Å²) in [5.41, 5.74) is -1.17. The summed E-state index contributed by atoms with van der Waals surface area (Å²) >= 11 is 5.87. The number of halogens is 3. The molecule has 1 aliphatic carbocycles. The third-order valence-electron chi connectivity index (χ3n) is 4.15. The van der Waals surface area contributed by atoms with E-state index < -0.39 is 29.8 Å². The zero-order valence-corrected chi connectivity index (χ0v) is 13.7. The number of rotatable bonds is 4. The van der Waals surface area contributed by atoms with Crippen molar-refractivity contribution in [2.24, 2.45) is 0 Å². The molecule has 2 N–H and O–H groups in total. The van der Waals surface area contributed by atoms with Crippen molar-refractivity contribution in [2.75, 3.05) is 20.8 Å². The summed E-state index contributed by atoms with van der Waals surface area (Å²) in [5, 5.41) is 10.4. The van der Waals surface area contributed by atoms with Crippen LogP contribution in [0.4, 0.5) is 8.78 Å². The Balaban J connectivity index is 2.22. The molecule has 0 amide bonds. The Hall–Kier alpha value is -1.96. The van der Waals surface area contributed by atoms with Gasteiger partial charge in [-0.3, -0.25) is 0 Å². The second-order valence-electron chi connectivity index (χ2n) is 5.35. The number of aliphatic hydroxyl groups excluding tert-OH is 1. The number of hydrogen-bond acceptors (Lipinski definition) is 4. The van der Waals surface area contributed by atoms with Crippen LogP contribution in [0.2, 0.25) is 5.15 Å². The molecule has 2 aromatic heterocycles. The minimum atomic E-state index is -1.94. The smallest absolute Gasteiger partial charge is 0.169 e. The van der Waals surface area contributed by atoms with Crippen molar-refractivity contribution >= 4 is 22.5 Å². The van der Waals surface area contributed by atoms with E-state index in [-0.39, 0.29) is 10.9 Å². The topological polar surface area (TPSA) is 67.4 Å². The molecule has 0 bridgehead atoms. The molecule has 0 fully saturated rings. The van der Waals surface area contributed by atoms with E-state index in [0.29, 0.717) is 16.6 Å². The van der Waals surface area contributed by atoms with Crippen LogP contribution in [0.15, 0.2) is 41.6 Å². The Morgan fingerprint density at radius 2 is 2.17 bits per heavy atom. The summed E-state index contributed by atoms with van der Waals surface area (Å²) in [5.74, 6) is -1.13. The minimum Gasteiger partial charge on any atom is -0.494 e. The first-order chi connectivity index (χ1) is 11.5. The van der Waals surface area contributed by atoms with Gasteiger partial charge in [0.05, 0.1) is 31.1 Å². The van der Waals surface area contributed by atoms with E-state index in [1.54, 1.807) is 12.1 Å². The lowest BCUT2D eigenvalue weighted by molar-refractivity contribution is -0.0367. The number of nitrogens with one attached hydrogen (secondary N) is 1. The standard InChI is InChI=1S/C16H15ClF2N2O3/c1-23-11-5-16(24-2,15(19)9(7-22)14(11)18)12-3-8-4-13(17)20-6-10(8)21-12/h3-6,15,21-22H,7H2,1-2H3. The number of pyridine rings is 1. The molecule has 24 heavy (non-hydrogen) atoms. The van der Waals surface area contributed by atoms with Crippen LogP contribution in [-0.4, -0.2) is 42.1 Å². The highest BCUT2D eigenvalue weighted by molar-refractivity contribution is 6.30. The average molecular weight is 357 g/mol. The first-order valence-electron chi connectivity index (χ1n) is 7.07. The van der Waals surface area contributed by atoms with Crippen LogP contribution in [0, 0.1) is 0 Å². The predicted molar refractivity (Wildman–Crippen MR) is 85.0 cm³/mol. The Morgan fingerprint density at radius 1 is 1.42 bits per heavy atom. The van der Waals surface area contributed by atoms with E-state index >= 15 is 4.39 Å². The molecule has 2 aromatic rings. The maximum Gasteiger partial charge on any atom is 0.169 e. The van der Waals surface area contributed by atoms with Crippen molar-refractivity contribution in [3.05, 3.63) is 52.4 Å². The van der Waals surface area contributed by atoms with E-state index in [1.807, 2.05) is 0 Å². The van der Waals surface area contributed by atoms with Crippen molar-refractivity contribution < 1.29 is 23.4 Å². The minimum absolute atomic E-state index is 0.204. The van der Waals surface area contributed by atoms with Gasteiger partial charge in [0, 0.05) is 24.1 Å². The number of fused-ring (bicyclic) bond motifs is 1. The molecule has 128 valence electrons. The van der Waals surface area contributed by atoms with Crippen LogP contribution in [-0.2, 0) is 15.1 Å². The maximum atomic E-state index is 15.1. The quantitative estimate of drug-likeness (QED) is 0.826. The molecule has 2 unspecified atom stereocenters. The number of ether oxygens (including phenoxy) is 2. The van der Waals surface area contributed by atoms with Gasteiger partial charge in [-0.25, -0.2) is 13.8 Å². The number of aromatic amines is 1. The summed E-state index contributed by atoms with van der Waals surface area (Å²) in [7, 11) is 2.56. The molecule has 0 aliphatic heterocycles. The highest BCUT2D eigenvalue weighted by Crippen LogP contribution is 2.44. The fourth-order valence-electron chi connectivity index (χ4n) is 2.86. The first kappa shape index (κ1) is 16.9. The van der Waals surface area contributed by atoms with Crippen molar-refractivity contribution in [1.82, 2.24) is 9.97 Å². The Morgan fingerprint density at radius 3 is 2.79 bits per heavy atom. The Labute approximate surface area is 141 Å². The highest BCUT2D eigenvalue weighted by Gasteiger charge is 2.48. The van der Waals surface area contributed by atoms with E-state index in [4.69, 9.17) is 21.1 Å². The van der Waals surface area contributed by atoms with Crippen LogP contribution < -0.4 is 0 Å². The van der Waals surface area contributed by atoms with Gasteiger partial charge in [0.25, 0.3) is 0 Å².